The van der Waals surface area contributed by atoms with Crippen molar-refractivity contribution in [2.45, 2.75) is 181 Å². The van der Waals surface area contributed by atoms with E-state index in [0.717, 1.165) is 32.1 Å². The fourth-order valence-corrected chi connectivity index (χ4v) is 12.3. The summed E-state index contributed by atoms with van der Waals surface area (Å²) in [6, 6.07) is 0.997. The fraction of sp³-hybridized carbons (Fsp3) is 0.865. The summed E-state index contributed by atoms with van der Waals surface area (Å²) in [4.78, 5) is 16.4. The van der Waals surface area contributed by atoms with Crippen LogP contribution in [0.2, 0.25) is 0 Å². The topological polar surface area (TPSA) is 213 Å². The largest absolute Gasteiger partial charge is 1.00 e. The molecule has 14 nitrogen and oxygen atoms in total. The number of nitrogens with one attached hydrogen (secondary N) is 1. The number of hydrogen-bond donors (Lipinski definition) is 1. The fourth-order valence-electron chi connectivity index (χ4n) is 9.20. The van der Waals surface area contributed by atoms with E-state index in [0.29, 0.717) is 63.6 Å². The third kappa shape index (κ3) is 14.9. The van der Waals surface area contributed by atoms with E-state index in [1.807, 2.05) is 20.8 Å². The first-order chi connectivity index (χ1) is 26.3. The second-order valence-electron chi connectivity index (χ2n) is 17.3. The molecule has 4 aliphatic carbocycles. The van der Waals surface area contributed by atoms with Crippen LogP contribution in [0.5, 0.6) is 0 Å². The molecule has 0 aliphatic heterocycles. The van der Waals surface area contributed by atoms with Gasteiger partial charge in [-0.2, -0.15) is 15.5 Å². The Balaban J connectivity index is 0.00000450. The number of aromatic nitrogens is 2. The molecule has 0 bridgehead atoms. The molecule has 0 saturated heterocycles. The first kappa shape index (κ1) is 54.0. The molecule has 4 saturated carbocycles. The van der Waals surface area contributed by atoms with Crippen LogP contribution in [0.15, 0.2) is 10.2 Å². The molecule has 7 atom stereocenters. The van der Waals surface area contributed by atoms with Crippen LogP contribution >= 0.6 is 34.8 Å². The van der Waals surface area contributed by atoms with Crippen molar-refractivity contribution in [3.05, 3.63) is 11.3 Å². The van der Waals surface area contributed by atoms with Gasteiger partial charge in [0, 0.05) is 34.5 Å². The normalized spacial score (nSPS) is 30.3. The van der Waals surface area contributed by atoms with Crippen molar-refractivity contribution in [3.8, 4) is 6.07 Å². The van der Waals surface area contributed by atoms with Crippen molar-refractivity contribution < 1.29 is 134 Å². The van der Waals surface area contributed by atoms with Gasteiger partial charge in [0.15, 0.2) is 5.82 Å². The molecule has 7 unspecified atom stereocenters. The summed E-state index contributed by atoms with van der Waals surface area (Å²) in [6.07, 6.45) is 9.87. The maximum atomic E-state index is 13.9. The number of alkyl halides is 3. The second kappa shape index (κ2) is 23.8. The Morgan fingerprint density at radius 2 is 1.57 bits per heavy atom. The van der Waals surface area contributed by atoms with Crippen LogP contribution in [0.3, 0.4) is 0 Å². The van der Waals surface area contributed by atoms with Crippen molar-refractivity contribution in [1.82, 2.24) is 20.0 Å². The number of carbonyl (C=O) groups excluding carboxylic acids is 1. The number of nitrogens with zero attached hydrogens (tertiary/aromatic N) is 6. The standard InChI is InChI=1S/C37H58Cl3N7O7S2.2K/c1-37(2,3)34-28(22-41)35(47(45-34)33-29(39)19-24(38)20-30(33)40)44-43-31-15-14-26(46(25-11-5-4-6-12-25)16-7-8-17-55(49,50)51)21-32(31)42-36(48)23-10-9-13-27(18-23)56(52,53)54;;/h23-27,29-33H,4-21H2,1-3H3,(H,42,48)(H,49,50,51)(H,52,53,54);;/q;2*+1/p-2. The van der Waals surface area contributed by atoms with E-state index in [-0.39, 0.29) is 157 Å². The zero-order chi connectivity index (χ0) is 41.0. The predicted molar refractivity (Wildman–Crippen MR) is 214 cm³/mol. The van der Waals surface area contributed by atoms with Crippen LogP contribution in [-0.2, 0) is 30.4 Å². The van der Waals surface area contributed by atoms with Crippen LogP contribution in [0.4, 0.5) is 5.82 Å². The first-order valence-electron chi connectivity index (χ1n) is 20.1. The third-order valence-electron chi connectivity index (χ3n) is 12.1. The van der Waals surface area contributed by atoms with Crippen molar-refractivity contribution in [3.63, 3.8) is 0 Å². The van der Waals surface area contributed by atoms with Crippen LogP contribution < -0.4 is 108 Å². The summed E-state index contributed by atoms with van der Waals surface area (Å²) in [7, 11) is -8.88. The second-order valence-corrected chi connectivity index (χ2v) is 22.2. The van der Waals surface area contributed by atoms with E-state index in [2.05, 4.69) is 16.3 Å². The summed E-state index contributed by atoms with van der Waals surface area (Å²) in [5, 5.41) is 25.8. The minimum absolute atomic E-state index is 0. The van der Waals surface area contributed by atoms with Crippen LogP contribution in [0.25, 0.3) is 0 Å². The molecule has 1 aromatic rings. The molecular weight excluding hydrogens is 903 g/mol. The Labute approximate surface area is 445 Å². The van der Waals surface area contributed by atoms with Gasteiger partial charge in [0.2, 0.25) is 5.91 Å². The molecule has 1 amide bonds. The summed E-state index contributed by atoms with van der Waals surface area (Å²) >= 11 is 20.2. The summed E-state index contributed by atoms with van der Waals surface area (Å²) in [5.41, 5.74) is 0.251. The molecule has 0 spiro atoms. The molecule has 0 aromatic carbocycles. The number of carbonyl (C=O) groups is 1. The Morgan fingerprint density at radius 3 is 2.16 bits per heavy atom. The number of unbranched alkanes of at least 4 members (excludes halogenated alkanes) is 1. The molecule has 5 rings (SSSR count). The van der Waals surface area contributed by atoms with Gasteiger partial charge in [-0.25, -0.2) is 21.5 Å². The zero-order valence-electron chi connectivity index (χ0n) is 34.5. The zero-order valence-corrected chi connectivity index (χ0v) is 44.6. The first-order valence-corrected chi connectivity index (χ1v) is 24.4. The van der Waals surface area contributed by atoms with Gasteiger partial charge in [0.25, 0.3) is 0 Å². The van der Waals surface area contributed by atoms with Gasteiger partial charge in [-0.05, 0) is 83.6 Å². The predicted octanol–water partition coefficient (Wildman–Crippen LogP) is 0.771. The van der Waals surface area contributed by atoms with E-state index in [1.54, 1.807) is 4.68 Å². The van der Waals surface area contributed by atoms with Crippen LogP contribution in [-0.4, -0.2) is 104 Å². The molecule has 1 N–H and O–H groups in total. The Hall–Kier alpha value is 1.69. The third-order valence-corrected chi connectivity index (χ3v) is 15.3. The van der Waals surface area contributed by atoms with E-state index in [1.165, 1.54) is 0 Å². The number of amides is 1. The van der Waals surface area contributed by atoms with Crippen molar-refractivity contribution in [1.29, 1.82) is 5.26 Å². The maximum absolute atomic E-state index is 13.9. The molecule has 21 heteroatoms. The molecule has 0 radical (unpaired) electrons. The monoisotopic (exact) mass is 957 g/mol. The average molecular weight is 960 g/mol. The number of azo groups is 1. The van der Waals surface area contributed by atoms with Crippen LogP contribution in [0.1, 0.15) is 141 Å². The Kier molecular flexibility index (Phi) is 22.1. The minimum atomic E-state index is -4.56. The Bertz CT molecular complexity index is 1810. The van der Waals surface area contributed by atoms with E-state index >= 15 is 0 Å². The Morgan fingerprint density at radius 1 is 0.914 bits per heavy atom. The van der Waals surface area contributed by atoms with Gasteiger partial charge in [0.05, 0.1) is 60.1 Å². The number of halogens is 3. The average Bonchev–Trinajstić information content (AvgIpc) is 3.49. The van der Waals surface area contributed by atoms with E-state index in [4.69, 9.17) is 50.1 Å². The van der Waals surface area contributed by atoms with Gasteiger partial charge in [0.1, 0.15) is 11.6 Å². The maximum Gasteiger partial charge on any atom is 1.00 e. The molecule has 4 aliphatic rings. The smallest absolute Gasteiger partial charge is 0.748 e. The summed E-state index contributed by atoms with van der Waals surface area (Å²) in [6.45, 7) is 6.46. The number of rotatable bonds is 13. The SMILES string of the molecule is CC(C)(C)c1nn(C2C(Cl)CC(Cl)CC2Cl)c(N=NC2CCC(N(CCCCS(=O)(=O)[O-])C3CCCCC3)CC2NC(=O)C2CCCC(S(=O)(=O)[O-])C2)c1C#N.[K+].[K+]. The molecule has 1 heterocycles. The van der Waals surface area contributed by atoms with Gasteiger partial charge in [-0.1, -0.05) is 46.5 Å². The summed E-state index contributed by atoms with van der Waals surface area (Å²) < 4.78 is 71.5. The van der Waals surface area contributed by atoms with Crippen molar-refractivity contribution >= 4 is 66.8 Å². The van der Waals surface area contributed by atoms with Crippen molar-refractivity contribution in [2.75, 3.05) is 12.3 Å². The van der Waals surface area contributed by atoms with E-state index in [9.17, 15) is 36.0 Å². The van der Waals surface area contributed by atoms with Gasteiger partial charge >= 0.3 is 103 Å². The number of hydrogen-bond acceptors (Lipinski definition) is 12. The summed E-state index contributed by atoms with van der Waals surface area (Å²) in [5.74, 6) is -1.18. The van der Waals surface area contributed by atoms with Gasteiger partial charge in [-0.3, -0.25) is 9.69 Å². The van der Waals surface area contributed by atoms with Gasteiger partial charge < -0.3 is 14.4 Å². The molecule has 4 fully saturated rings. The minimum Gasteiger partial charge on any atom is -0.748 e. The quantitative estimate of drug-likeness (QED) is 0.0965. The number of nitriles is 1. The molecule has 1 aromatic heterocycles. The molecule has 316 valence electrons. The molecular formula is C37H56Cl3K2N7O7S2. The molecule has 58 heavy (non-hydrogen) atoms. The van der Waals surface area contributed by atoms with Crippen LogP contribution in [0, 0.1) is 17.2 Å². The van der Waals surface area contributed by atoms with Crippen molar-refractivity contribution in [2.24, 2.45) is 16.1 Å². The van der Waals surface area contributed by atoms with Gasteiger partial charge in [-0.15, -0.1) is 39.9 Å². The van der Waals surface area contributed by atoms with E-state index < -0.39 is 71.5 Å².